The third-order valence-corrected chi connectivity index (χ3v) is 4.57. The van der Waals surface area contributed by atoms with Gasteiger partial charge in [0.05, 0.1) is 5.69 Å². The number of methoxy groups -OCH3 is 1. The standard InChI is InChI=1S/C18H23ClN4O2/c1-25-13-18(24)20-8-15-10-22(9-14-2-4-16(19)5-3-14)12-17-6-7-21-23(17)11-15/h2-7,15H,8-13H2,1H3,(H,20,24)/t15-/m0/s1. The van der Waals surface area contributed by atoms with E-state index in [2.05, 4.69) is 33.5 Å². The van der Waals surface area contributed by atoms with Crippen molar-refractivity contribution in [2.45, 2.75) is 19.6 Å². The number of fused-ring (bicyclic) bond motifs is 1. The summed E-state index contributed by atoms with van der Waals surface area (Å²) in [5.41, 5.74) is 2.42. The lowest BCUT2D eigenvalue weighted by atomic mass is 10.1. The Morgan fingerprint density at radius 1 is 1.32 bits per heavy atom. The summed E-state index contributed by atoms with van der Waals surface area (Å²) in [5.74, 6) is 0.200. The summed E-state index contributed by atoms with van der Waals surface area (Å²) in [7, 11) is 1.52. The van der Waals surface area contributed by atoms with Crippen molar-refractivity contribution in [3.63, 3.8) is 0 Å². The topological polar surface area (TPSA) is 59.4 Å². The molecule has 1 N–H and O–H groups in total. The number of ether oxygens (including phenoxy) is 1. The van der Waals surface area contributed by atoms with Gasteiger partial charge in [-0.15, -0.1) is 0 Å². The van der Waals surface area contributed by atoms with Crippen molar-refractivity contribution in [2.75, 3.05) is 26.8 Å². The van der Waals surface area contributed by atoms with Gasteiger partial charge in [-0.2, -0.15) is 5.10 Å². The molecule has 2 aromatic rings. The summed E-state index contributed by atoms with van der Waals surface area (Å²) in [6.07, 6.45) is 1.84. The minimum atomic E-state index is -0.0864. The predicted molar refractivity (Wildman–Crippen MR) is 96.2 cm³/mol. The molecule has 0 spiro atoms. The van der Waals surface area contributed by atoms with Crippen molar-refractivity contribution >= 4 is 17.5 Å². The van der Waals surface area contributed by atoms with E-state index in [4.69, 9.17) is 16.3 Å². The summed E-state index contributed by atoms with van der Waals surface area (Å²) in [4.78, 5) is 14.1. The lowest BCUT2D eigenvalue weighted by Crippen LogP contribution is -2.37. The van der Waals surface area contributed by atoms with Gasteiger partial charge in [-0.1, -0.05) is 23.7 Å². The first-order valence-electron chi connectivity index (χ1n) is 8.37. The number of carbonyl (C=O) groups is 1. The Kier molecular flexibility index (Phi) is 6.07. The van der Waals surface area contributed by atoms with Gasteiger partial charge in [0.25, 0.3) is 0 Å². The van der Waals surface area contributed by atoms with Gasteiger partial charge in [0.2, 0.25) is 5.91 Å². The highest BCUT2D eigenvalue weighted by molar-refractivity contribution is 6.30. The summed E-state index contributed by atoms with van der Waals surface area (Å²) < 4.78 is 6.91. The Labute approximate surface area is 152 Å². The molecule has 134 valence electrons. The second kappa shape index (κ2) is 8.47. The number of halogens is 1. The van der Waals surface area contributed by atoms with Gasteiger partial charge in [0, 0.05) is 57.0 Å². The fourth-order valence-corrected chi connectivity index (χ4v) is 3.28. The quantitative estimate of drug-likeness (QED) is 0.853. The van der Waals surface area contributed by atoms with Gasteiger partial charge >= 0.3 is 0 Å². The molecule has 25 heavy (non-hydrogen) atoms. The van der Waals surface area contributed by atoms with Crippen LogP contribution in [0.25, 0.3) is 0 Å². The Balaban J connectivity index is 1.67. The van der Waals surface area contributed by atoms with Crippen molar-refractivity contribution in [2.24, 2.45) is 5.92 Å². The maximum Gasteiger partial charge on any atom is 0.245 e. The first kappa shape index (κ1) is 17.9. The molecule has 0 bridgehead atoms. The zero-order valence-electron chi connectivity index (χ0n) is 14.3. The summed E-state index contributed by atoms with van der Waals surface area (Å²) in [6.45, 7) is 4.06. The average Bonchev–Trinajstić information content (AvgIpc) is 2.95. The van der Waals surface area contributed by atoms with Crippen LogP contribution in [0.5, 0.6) is 0 Å². The third kappa shape index (κ3) is 5.04. The van der Waals surface area contributed by atoms with Crippen LogP contribution in [0.1, 0.15) is 11.3 Å². The second-order valence-electron chi connectivity index (χ2n) is 6.40. The second-order valence-corrected chi connectivity index (χ2v) is 6.84. The normalized spacial score (nSPS) is 17.8. The first-order valence-corrected chi connectivity index (χ1v) is 8.75. The number of rotatable bonds is 6. The van der Waals surface area contributed by atoms with Crippen LogP contribution >= 0.6 is 11.6 Å². The van der Waals surface area contributed by atoms with E-state index in [-0.39, 0.29) is 18.4 Å². The molecule has 0 aliphatic carbocycles. The lowest BCUT2D eigenvalue weighted by Gasteiger charge is -2.24. The van der Waals surface area contributed by atoms with Crippen molar-refractivity contribution in [3.8, 4) is 0 Å². The molecule has 1 atom stereocenters. The molecule has 3 rings (SSSR count). The first-order chi connectivity index (χ1) is 12.1. The minimum absolute atomic E-state index is 0.0864. The zero-order valence-corrected chi connectivity index (χ0v) is 15.1. The van der Waals surface area contributed by atoms with E-state index in [1.165, 1.54) is 18.4 Å². The highest BCUT2D eigenvalue weighted by Crippen LogP contribution is 2.19. The summed E-state index contributed by atoms with van der Waals surface area (Å²) in [6, 6.07) is 10.0. The Hall–Kier alpha value is -1.89. The van der Waals surface area contributed by atoms with Crippen LogP contribution in [0.4, 0.5) is 0 Å². The monoisotopic (exact) mass is 362 g/mol. The number of nitrogens with one attached hydrogen (secondary N) is 1. The van der Waals surface area contributed by atoms with Gasteiger partial charge in [0.1, 0.15) is 6.61 Å². The molecule has 7 heteroatoms. The highest BCUT2D eigenvalue weighted by atomic mass is 35.5. The molecule has 6 nitrogen and oxygen atoms in total. The van der Waals surface area contributed by atoms with E-state index in [1.54, 1.807) is 0 Å². The minimum Gasteiger partial charge on any atom is -0.375 e. The van der Waals surface area contributed by atoms with E-state index in [0.717, 1.165) is 31.2 Å². The van der Waals surface area contributed by atoms with Crippen molar-refractivity contribution in [1.82, 2.24) is 20.0 Å². The number of aromatic nitrogens is 2. The van der Waals surface area contributed by atoms with Crippen molar-refractivity contribution in [1.29, 1.82) is 0 Å². The van der Waals surface area contributed by atoms with Crippen LogP contribution in [-0.4, -0.2) is 47.4 Å². The lowest BCUT2D eigenvalue weighted by molar-refractivity contribution is -0.124. The van der Waals surface area contributed by atoms with Crippen molar-refractivity contribution < 1.29 is 9.53 Å². The van der Waals surface area contributed by atoms with Gasteiger partial charge in [-0.3, -0.25) is 14.4 Å². The number of amides is 1. The fourth-order valence-electron chi connectivity index (χ4n) is 3.16. The Bertz CT molecular complexity index is 701. The summed E-state index contributed by atoms with van der Waals surface area (Å²) >= 11 is 5.98. The molecule has 0 fully saturated rings. The molecule has 2 heterocycles. The molecule has 0 saturated carbocycles. The van der Waals surface area contributed by atoms with Gasteiger partial charge in [-0.05, 0) is 23.8 Å². The number of carbonyl (C=O) groups excluding carboxylic acids is 1. The molecule has 1 aromatic heterocycles. The van der Waals surface area contributed by atoms with Crippen LogP contribution in [0.15, 0.2) is 36.5 Å². The maximum absolute atomic E-state index is 11.7. The molecule has 0 saturated heterocycles. The maximum atomic E-state index is 11.7. The smallest absolute Gasteiger partial charge is 0.245 e. The number of nitrogens with zero attached hydrogens (tertiary/aromatic N) is 3. The SMILES string of the molecule is COCC(=O)NC[C@H]1CN(Cc2ccc(Cl)cc2)Cc2ccnn2C1. The molecule has 1 aliphatic heterocycles. The van der Waals surface area contributed by atoms with E-state index >= 15 is 0 Å². The van der Waals surface area contributed by atoms with E-state index in [9.17, 15) is 4.79 Å². The zero-order chi connectivity index (χ0) is 17.6. The summed E-state index contributed by atoms with van der Waals surface area (Å²) in [5, 5.41) is 8.11. The molecule has 1 aliphatic rings. The van der Waals surface area contributed by atoms with Crippen molar-refractivity contribution in [3.05, 3.63) is 52.8 Å². The van der Waals surface area contributed by atoms with Crippen LogP contribution < -0.4 is 5.32 Å². The molecule has 1 amide bonds. The van der Waals surface area contributed by atoms with E-state index < -0.39 is 0 Å². The molecule has 0 radical (unpaired) electrons. The molecular formula is C18H23ClN4O2. The van der Waals surface area contributed by atoms with Crippen LogP contribution in [0.2, 0.25) is 5.02 Å². The van der Waals surface area contributed by atoms with E-state index in [0.29, 0.717) is 6.54 Å². The largest absolute Gasteiger partial charge is 0.375 e. The molecular weight excluding hydrogens is 340 g/mol. The third-order valence-electron chi connectivity index (χ3n) is 4.32. The van der Waals surface area contributed by atoms with Gasteiger partial charge < -0.3 is 10.1 Å². The van der Waals surface area contributed by atoms with Crippen LogP contribution in [0.3, 0.4) is 0 Å². The Morgan fingerprint density at radius 3 is 2.88 bits per heavy atom. The predicted octanol–water partition coefficient (Wildman–Crippen LogP) is 1.93. The number of hydrogen-bond donors (Lipinski definition) is 1. The fraction of sp³-hybridized carbons (Fsp3) is 0.444. The van der Waals surface area contributed by atoms with Crippen LogP contribution in [0, 0.1) is 5.92 Å². The molecule has 0 unspecified atom stereocenters. The highest BCUT2D eigenvalue weighted by Gasteiger charge is 2.22. The number of hydrogen-bond acceptors (Lipinski definition) is 4. The van der Waals surface area contributed by atoms with Gasteiger partial charge in [-0.25, -0.2) is 0 Å². The van der Waals surface area contributed by atoms with Crippen LogP contribution in [-0.2, 0) is 29.2 Å². The van der Waals surface area contributed by atoms with Gasteiger partial charge in [0.15, 0.2) is 0 Å². The average molecular weight is 363 g/mol. The number of benzene rings is 1. The van der Waals surface area contributed by atoms with E-state index in [1.807, 2.05) is 23.0 Å². The molecule has 1 aromatic carbocycles. The Morgan fingerprint density at radius 2 is 2.12 bits per heavy atom.